The van der Waals surface area contributed by atoms with Gasteiger partial charge in [-0.15, -0.1) is 0 Å². The highest BCUT2D eigenvalue weighted by atomic mass is 35.5. The number of benzene rings is 2. The molecule has 1 fully saturated rings. The molecule has 5 rings (SSSR count). The molecule has 8 nitrogen and oxygen atoms in total. The van der Waals surface area contributed by atoms with Gasteiger partial charge in [0, 0.05) is 11.6 Å². The third-order valence-electron chi connectivity index (χ3n) is 7.29. The van der Waals surface area contributed by atoms with E-state index in [0.29, 0.717) is 5.56 Å². The largest absolute Gasteiger partial charge is 0.481 e. The van der Waals surface area contributed by atoms with E-state index < -0.39 is 46.5 Å². The summed E-state index contributed by atoms with van der Waals surface area (Å²) in [5, 5.41) is 35.9. The number of carbonyl (C=O) groups excluding carboxylic acids is 1. The first-order valence-corrected chi connectivity index (χ1v) is 11.6. The molecule has 0 amide bonds. The van der Waals surface area contributed by atoms with E-state index in [4.69, 9.17) is 25.8 Å². The summed E-state index contributed by atoms with van der Waals surface area (Å²) in [6, 6.07) is 12.7. The monoisotopic (exact) mass is 551 g/mol. The van der Waals surface area contributed by atoms with Gasteiger partial charge >= 0.3 is 12.1 Å². The molecule has 1 aliphatic carbocycles. The SMILES string of the molecule is COC(=O)[C@@H]1[C@@H](c2ccccc2)[C@]2(c3ccc(C(F)(F)F)cc3)Oc3cc(Cl)nc(OC)c3[C@@]1(O)C2(O)O. The number of aromatic nitrogens is 1. The van der Waals surface area contributed by atoms with Gasteiger partial charge in [-0.05, 0) is 17.7 Å². The van der Waals surface area contributed by atoms with E-state index in [1.165, 1.54) is 13.2 Å². The highest BCUT2D eigenvalue weighted by Crippen LogP contribution is 2.71. The summed E-state index contributed by atoms with van der Waals surface area (Å²) < 4.78 is 56.6. The summed E-state index contributed by atoms with van der Waals surface area (Å²) in [5.74, 6) is -8.11. The Kier molecular flexibility index (Phi) is 5.91. The van der Waals surface area contributed by atoms with Gasteiger partial charge in [-0.2, -0.15) is 13.2 Å². The molecule has 200 valence electrons. The van der Waals surface area contributed by atoms with E-state index >= 15 is 0 Å². The van der Waals surface area contributed by atoms with Gasteiger partial charge < -0.3 is 29.5 Å². The number of esters is 1. The normalized spacial score (nSPS) is 27.3. The van der Waals surface area contributed by atoms with Crippen LogP contribution in [0.3, 0.4) is 0 Å². The summed E-state index contributed by atoms with van der Waals surface area (Å²) in [4.78, 5) is 17.4. The second kappa shape index (κ2) is 8.57. The fourth-order valence-corrected chi connectivity index (χ4v) is 5.92. The van der Waals surface area contributed by atoms with Crippen LogP contribution in [0, 0.1) is 5.92 Å². The van der Waals surface area contributed by atoms with Gasteiger partial charge in [-0.25, -0.2) is 4.98 Å². The summed E-state index contributed by atoms with van der Waals surface area (Å²) in [7, 11) is 2.24. The van der Waals surface area contributed by atoms with Crippen LogP contribution in [-0.2, 0) is 26.9 Å². The van der Waals surface area contributed by atoms with E-state index in [1.807, 2.05) is 0 Å². The fourth-order valence-electron chi connectivity index (χ4n) is 5.75. The van der Waals surface area contributed by atoms with Gasteiger partial charge in [0.15, 0.2) is 11.2 Å². The van der Waals surface area contributed by atoms with Gasteiger partial charge in [-0.3, -0.25) is 4.79 Å². The van der Waals surface area contributed by atoms with Crippen LogP contribution >= 0.6 is 11.6 Å². The second-order valence-electron chi connectivity index (χ2n) is 9.07. The number of rotatable bonds is 4. The van der Waals surface area contributed by atoms with Gasteiger partial charge in [0.05, 0.1) is 31.3 Å². The minimum Gasteiger partial charge on any atom is -0.481 e. The van der Waals surface area contributed by atoms with Crippen molar-refractivity contribution in [1.82, 2.24) is 4.98 Å². The lowest BCUT2D eigenvalue weighted by Crippen LogP contribution is -2.65. The minimum absolute atomic E-state index is 0.152. The van der Waals surface area contributed by atoms with Gasteiger partial charge in [0.25, 0.3) is 0 Å². The zero-order valence-electron chi connectivity index (χ0n) is 19.9. The Labute approximate surface area is 219 Å². The van der Waals surface area contributed by atoms with E-state index in [0.717, 1.165) is 31.4 Å². The van der Waals surface area contributed by atoms with Crippen molar-refractivity contribution in [2.75, 3.05) is 14.2 Å². The van der Waals surface area contributed by atoms with Crippen LogP contribution < -0.4 is 9.47 Å². The second-order valence-corrected chi connectivity index (χ2v) is 9.46. The van der Waals surface area contributed by atoms with Crippen LogP contribution in [0.2, 0.25) is 5.15 Å². The molecule has 2 heterocycles. The first kappa shape index (κ1) is 26.2. The number of nitrogens with zero attached hydrogens (tertiary/aromatic N) is 1. The van der Waals surface area contributed by atoms with Crippen LogP contribution in [0.4, 0.5) is 13.2 Å². The molecule has 3 N–H and O–H groups in total. The number of fused-ring (bicyclic) bond motifs is 4. The van der Waals surface area contributed by atoms with Gasteiger partial charge in [-0.1, -0.05) is 54.1 Å². The Bertz CT molecular complexity index is 1400. The van der Waals surface area contributed by atoms with E-state index in [9.17, 15) is 33.3 Å². The third-order valence-corrected chi connectivity index (χ3v) is 7.48. The van der Waals surface area contributed by atoms with Crippen molar-refractivity contribution in [3.05, 3.63) is 88.1 Å². The van der Waals surface area contributed by atoms with E-state index in [1.54, 1.807) is 30.3 Å². The zero-order chi connectivity index (χ0) is 27.7. The topological polar surface area (TPSA) is 118 Å². The fraction of sp³-hybridized carbons (Fsp3) is 0.308. The van der Waals surface area contributed by atoms with Crippen LogP contribution in [0.5, 0.6) is 11.6 Å². The van der Waals surface area contributed by atoms with Crippen LogP contribution in [-0.4, -0.2) is 46.3 Å². The maximum absolute atomic E-state index is 13.4. The smallest absolute Gasteiger partial charge is 0.416 e. The lowest BCUT2D eigenvalue weighted by atomic mass is 9.74. The molecule has 2 aliphatic rings. The number of aliphatic hydroxyl groups is 3. The Morgan fingerprint density at radius 2 is 1.68 bits per heavy atom. The van der Waals surface area contributed by atoms with Crippen LogP contribution in [0.15, 0.2) is 60.7 Å². The number of methoxy groups -OCH3 is 2. The predicted molar refractivity (Wildman–Crippen MR) is 125 cm³/mol. The number of ether oxygens (including phenoxy) is 3. The molecular weight excluding hydrogens is 531 g/mol. The Hall–Kier alpha value is -3.38. The molecule has 38 heavy (non-hydrogen) atoms. The molecule has 0 spiro atoms. The predicted octanol–water partition coefficient (Wildman–Crippen LogP) is 3.51. The lowest BCUT2D eigenvalue weighted by molar-refractivity contribution is -0.341. The molecule has 4 atom stereocenters. The minimum atomic E-state index is -4.68. The molecule has 0 unspecified atom stereocenters. The Balaban J connectivity index is 1.92. The van der Waals surface area contributed by atoms with Crippen LogP contribution in [0.1, 0.15) is 28.2 Å². The molecule has 12 heteroatoms. The van der Waals surface area contributed by atoms with Gasteiger partial charge in [0.1, 0.15) is 16.8 Å². The lowest BCUT2D eigenvalue weighted by Gasteiger charge is -2.49. The first-order valence-electron chi connectivity index (χ1n) is 11.3. The van der Waals surface area contributed by atoms with Gasteiger partial charge in [0.2, 0.25) is 11.7 Å². The quantitative estimate of drug-likeness (QED) is 0.256. The van der Waals surface area contributed by atoms with E-state index in [2.05, 4.69) is 4.98 Å². The summed E-state index contributed by atoms with van der Waals surface area (Å²) in [6.07, 6.45) is -4.68. The van der Waals surface area contributed by atoms with Crippen molar-refractivity contribution < 1.29 is 47.5 Å². The number of pyridine rings is 1. The molecular formula is C26H21ClF3NO7. The average Bonchev–Trinajstić information content (AvgIpc) is 2.96. The maximum Gasteiger partial charge on any atom is 0.416 e. The number of hydrogen-bond donors (Lipinski definition) is 3. The van der Waals surface area contributed by atoms with Crippen molar-refractivity contribution >= 4 is 17.6 Å². The van der Waals surface area contributed by atoms with Crippen molar-refractivity contribution in [2.24, 2.45) is 5.92 Å². The molecule has 2 bridgehead atoms. The molecule has 1 saturated carbocycles. The zero-order valence-corrected chi connectivity index (χ0v) is 20.6. The van der Waals surface area contributed by atoms with Crippen molar-refractivity contribution in [3.63, 3.8) is 0 Å². The molecule has 0 radical (unpaired) electrons. The number of hydrogen-bond acceptors (Lipinski definition) is 8. The summed E-state index contributed by atoms with van der Waals surface area (Å²) in [6.45, 7) is 0. The van der Waals surface area contributed by atoms with Crippen molar-refractivity contribution in [3.8, 4) is 11.6 Å². The Morgan fingerprint density at radius 1 is 1.05 bits per heavy atom. The molecule has 0 saturated heterocycles. The Morgan fingerprint density at radius 3 is 2.24 bits per heavy atom. The molecule has 1 aliphatic heterocycles. The average molecular weight is 552 g/mol. The summed E-state index contributed by atoms with van der Waals surface area (Å²) >= 11 is 6.14. The molecule has 2 aromatic carbocycles. The van der Waals surface area contributed by atoms with E-state index in [-0.39, 0.29) is 27.9 Å². The number of halogens is 4. The number of carbonyl (C=O) groups is 1. The molecule has 3 aromatic rings. The van der Waals surface area contributed by atoms with Crippen molar-refractivity contribution in [2.45, 2.75) is 29.1 Å². The summed E-state index contributed by atoms with van der Waals surface area (Å²) in [5.41, 5.74) is -6.57. The standard InChI is InChI=1S/C26H21ClF3NO7/c1-36-21-19-16(12-17(27)31-21)38-24(14-8-10-15(11-9-14)25(28,29)30)18(13-6-4-3-5-7-13)20(22(32)37-2)23(19,33)26(24,34)35/h3-12,18,20,33-35H,1-2H3/t18-,20+,23+,24+/m1/s1. The first-order chi connectivity index (χ1) is 17.8. The highest BCUT2D eigenvalue weighted by molar-refractivity contribution is 6.29. The molecule has 1 aromatic heterocycles. The number of alkyl halides is 3. The highest BCUT2D eigenvalue weighted by Gasteiger charge is 2.84. The maximum atomic E-state index is 13.4. The third kappa shape index (κ3) is 3.29. The van der Waals surface area contributed by atoms with Crippen molar-refractivity contribution in [1.29, 1.82) is 0 Å². The van der Waals surface area contributed by atoms with Crippen LogP contribution in [0.25, 0.3) is 0 Å².